The summed E-state index contributed by atoms with van der Waals surface area (Å²) < 4.78 is 1.63. The summed E-state index contributed by atoms with van der Waals surface area (Å²) in [5, 5.41) is 3.31. The average Bonchev–Trinajstić information content (AvgIpc) is 2.85. The van der Waals surface area contributed by atoms with Gasteiger partial charge in [-0.1, -0.05) is 0 Å². The number of hydrogen-bond donors (Lipinski definition) is 2. The molecule has 1 aliphatic heterocycles. The van der Waals surface area contributed by atoms with Gasteiger partial charge in [0.05, 0.1) is 11.8 Å². The van der Waals surface area contributed by atoms with E-state index in [0.717, 1.165) is 42.8 Å². The van der Waals surface area contributed by atoms with Crippen molar-refractivity contribution in [3.63, 3.8) is 0 Å². The van der Waals surface area contributed by atoms with Gasteiger partial charge in [-0.3, -0.25) is 19.4 Å². The number of halogens is 1. The van der Waals surface area contributed by atoms with Gasteiger partial charge < -0.3 is 10.6 Å². The zero-order chi connectivity index (χ0) is 17.4. The minimum Gasteiger partial charge on any atom is -0.342 e. The molecule has 0 radical (unpaired) electrons. The lowest BCUT2D eigenvalue weighted by molar-refractivity contribution is -0.131. The summed E-state index contributed by atoms with van der Waals surface area (Å²) in [6.07, 6.45) is 2.23. The Bertz CT molecular complexity index is 834. The second-order valence-corrected chi connectivity index (χ2v) is 6.74. The third-order valence-electron chi connectivity index (χ3n) is 5.20. The molecule has 0 atom stereocenters. The number of fused-ring (bicyclic) bond motifs is 1. The summed E-state index contributed by atoms with van der Waals surface area (Å²) >= 11 is 0. The fourth-order valence-electron chi connectivity index (χ4n) is 3.59. The van der Waals surface area contributed by atoms with Gasteiger partial charge >= 0.3 is 0 Å². The van der Waals surface area contributed by atoms with E-state index in [1.807, 2.05) is 18.7 Å². The lowest BCUT2D eigenvalue weighted by atomic mass is 9.96. The van der Waals surface area contributed by atoms with Gasteiger partial charge in [-0.2, -0.15) is 0 Å². The van der Waals surface area contributed by atoms with E-state index in [-0.39, 0.29) is 23.9 Å². The highest BCUT2D eigenvalue weighted by atomic mass is 35.5. The zero-order valence-electron chi connectivity index (χ0n) is 15.0. The molecule has 1 amide bonds. The first-order chi connectivity index (χ1) is 11.4. The number of pyridine rings is 1. The van der Waals surface area contributed by atoms with Crippen LogP contribution in [0.15, 0.2) is 4.79 Å². The molecule has 0 bridgehead atoms. The molecule has 0 aromatic carbocycles. The summed E-state index contributed by atoms with van der Waals surface area (Å²) in [4.78, 5) is 31.2. The van der Waals surface area contributed by atoms with Gasteiger partial charge in [0, 0.05) is 25.8 Å². The van der Waals surface area contributed by atoms with Gasteiger partial charge in [-0.15, -0.1) is 12.4 Å². The Labute approximate surface area is 153 Å². The van der Waals surface area contributed by atoms with E-state index in [1.165, 1.54) is 0 Å². The molecule has 2 aromatic heterocycles. The Hall–Kier alpha value is -1.86. The minimum absolute atomic E-state index is 0. The maximum atomic E-state index is 12.7. The third-order valence-corrected chi connectivity index (χ3v) is 5.20. The van der Waals surface area contributed by atoms with E-state index < -0.39 is 0 Å². The van der Waals surface area contributed by atoms with Gasteiger partial charge in [-0.25, -0.2) is 4.98 Å². The van der Waals surface area contributed by atoms with Crippen molar-refractivity contribution in [2.75, 3.05) is 19.6 Å². The molecule has 1 fully saturated rings. The molecular formula is C17H26ClN5O2. The van der Waals surface area contributed by atoms with Crippen molar-refractivity contribution in [2.45, 2.75) is 33.1 Å². The van der Waals surface area contributed by atoms with Crippen LogP contribution in [0.25, 0.3) is 11.0 Å². The number of rotatable bonds is 3. The number of piperidine rings is 1. The van der Waals surface area contributed by atoms with Crippen LogP contribution in [0.4, 0.5) is 0 Å². The van der Waals surface area contributed by atoms with E-state index >= 15 is 0 Å². The van der Waals surface area contributed by atoms with Crippen molar-refractivity contribution in [3.8, 4) is 0 Å². The highest BCUT2D eigenvalue weighted by Crippen LogP contribution is 2.22. The van der Waals surface area contributed by atoms with Crippen LogP contribution >= 0.6 is 12.4 Å². The molecule has 25 heavy (non-hydrogen) atoms. The third kappa shape index (κ3) is 3.57. The highest BCUT2D eigenvalue weighted by molar-refractivity contribution is 5.85. The van der Waals surface area contributed by atoms with Crippen LogP contribution in [0.2, 0.25) is 0 Å². The SMILES string of the molecule is Cc1nc2c(c(C)c1CC(=O)N1CCC(CN)CC1)c(=O)[nH]n2C.Cl. The quantitative estimate of drug-likeness (QED) is 0.847. The van der Waals surface area contributed by atoms with Crippen LogP contribution in [0.5, 0.6) is 0 Å². The minimum atomic E-state index is -0.157. The summed E-state index contributed by atoms with van der Waals surface area (Å²) in [5.41, 5.74) is 8.71. The van der Waals surface area contributed by atoms with Gasteiger partial charge in [-0.05, 0) is 50.3 Å². The fraction of sp³-hybridized carbons (Fsp3) is 0.588. The predicted octanol–water partition coefficient (Wildman–Crippen LogP) is 1.04. The van der Waals surface area contributed by atoms with E-state index in [2.05, 4.69) is 10.1 Å². The van der Waals surface area contributed by atoms with Crippen LogP contribution in [-0.2, 0) is 18.3 Å². The molecule has 3 heterocycles. The molecule has 138 valence electrons. The Morgan fingerprint density at radius 3 is 2.56 bits per heavy atom. The zero-order valence-corrected chi connectivity index (χ0v) is 15.8. The molecule has 0 aliphatic carbocycles. The number of carbonyl (C=O) groups excluding carboxylic acids is 1. The molecule has 2 aromatic rings. The number of nitrogens with one attached hydrogen (secondary N) is 1. The van der Waals surface area contributed by atoms with Crippen molar-refractivity contribution in [3.05, 3.63) is 27.2 Å². The number of aromatic nitrogens is 3. The molecular weight excluding hydrogens is 342 g/mol. The number of aromatic amines is 1. The number of nitrogens with zero attached hydrogens (tertiary/aromatic N) is 3. The average molecular weight is 368 g/mol. The van der Waals surface area contributed by atoms with E-state index in [9.17, 15) is 9.59 Å². The number of hydrogen-bond acceptors (Lipinski definition) is 4. The highest BCUT2D eigenvalue weighted by Gasteiger charge is 2.24. The van der Waals surface area contributed by atoms with Crippen molar-refractivity contribution < 1.29 is 4.79 Å². The van der Waals surface area contributed by atoms with Crippen LogP contribution in [0.3, 0.4) is 0 Å². The Morgan fingerprint density at radius 2 is 1.96 bits per heavy atom. The topological polar surface area (TPSA) is 97.0 Å². The van der Waals surface area contributed by atoms with Crippen LogP contribution in [-0.4, -0.2) is 45.2 Å². The molecule has 3 N–H and O–H groups in total. The summed E-state index contributed by atoms with van der Waals surface area (Å²) in [5.74, 6) is 0.628. The van der Waals surface area contributed by atoms with Crippen molar-refractivity contribution >= 4 is 29.3 Å². The smallest absolute Gasteiger partial charge is 0.273 e. The standard InChI is InChI=1S/C17H25N5O2.ClH/c1-10-13(8-14(23)22-6-4-12(9-18)5-7-22)11(2)19-16-15(10)17(24)20-21(16)3;/h12H,4-9,18H2,1-3H3,(H,20,24);1H. The number of amides is 1. The fourth-order valence-corrected chi connectivity index (χ4v) is 3.59. The molecule has 8 heteroatoms. The predicted molar refractivity (Wildman–Crippen MR) is 100 cm³/mol. The molecule has 0 saturated carbocycles. The van der Waals surface area contributed by atoms with Crippen molar-refractivity contribution in [1.82, 2.24) is 19.7 Å². The monoisotopic (exact) mass is 367 g/mol. The lowest BCUT2D eigenvalue weighted by Crippen LogP contribution is -2.41. The first-order valence-electron chi connectivity index (χ1n) is 8.45. The number of likely N-dealkylation sites (tertiary alicyclic amines) is 1. The first kappa shape index (κ1) is 19.5. The van der Waals surface area contributed by atoms with E-state index in [0.29, 0.717) is 29.9 Å². The van der Waals surface area contributed by atoms with Crippen LogP contribution in [0, 0.1) is 19.8 Å². The van der Waals surface area contributed by atoms with Gasteiger partial charge in [0.1, 0.15) is 0 Å². The maximum Gasteiger partial charge on any atom is 0.273 e. The summed E-state index contributed by atoms with van der Waals surface area (Å²) in [7, 11) is 1.77. The molecule has 3 rings (SSSR count). The van der Waals surface area contributed by atoms with Gasteiger partial charge in [0.25, 0.3) is 5.56 Å². The van der Waals surface area contributed by atoms with Gasteiger partial charge in [0.15, 0.2) is 5.65 Å². The van der Waals surface area contributed by atoms with Crippen molar-refractivity contribution in [2.24, 2.45) is 18.7 Å². The largest absolute Gasteiger partial charge is 0.342 e. The Balaban J connectivity index is 0.00000225. The summed E-state index contributed by atoms with van der Waals surface area (Å²) in [6.45, 7) is 6.01. The Morgan fingerprint density at radius 1 is 1.32 bits per heavy atom. The van der Waals surface area contributed by atoms with Crippen LogP contribution in [0.1, 0.15) is 29.7 Å². The second-order valence-electron chi connectivity index (χ2n) is 6.74. The van der Waals surface area contributed by atoms with Gasteiger partial charge in [0.2, 0.25) is 5.91 Å². The molecule has 0 unspecified atom stereocenters. The number of carbonyl (C=O) groups is 1. The second kappa shape index (κ2) is 7.58. The lowest BCUT2D eigenvalue weighted by Gasteiger charge is -2.31. The maximum absolute atomic E-state index is 12.7. The molecule has 7 nitrogen and oxygen atoms in total. The number of nitrogens with two attached hydrogens (primary N) is 1. The van der Waals surface area contributed by atoms with Crippen molar-refractivity contribution in [1.29, 1.82) is 0 Å². The number of aryl methyl sites for hydroxylation is 3. The Kier molecular flexibility index (Phi) is 5.90. The molecule has 1 saturated heterocycles. The van der Waals surface area contributed by atoms with Crippen LogP contribution < -0.4 is 11.3 Å². The normalized spacial score (nSPS) is 15.4. The summed E-state index contributed by atoms with van der Waals surface area (Å²) in [6, 6.07) is 0. The van der Waals surface area contributed by atoms with E-state index in [4.69, 9.17) is 5.73 Å². The first-order valence-corrected chi connectivity index (χ1v) is 8.45. The molecule has 1 aliphatic rings. The molecule has 0 spiro atoms. The number of H-pyrrole nitrogens is 1. The van der Waals surface area contributed by atoms with E-state index in [1.54, 1.807) is 11.7 Å².